The number of nitrogens with one attached hydrogen (secondary N) is 1. The van der Waals surface area contributed by atoms with Gasteiger partial charge in [0.15, 0.2) is 6.61 Å². The Labute approximate surface area is 126 Å². The van der Waals surface area contributed by atoms with Crippen LogP contribution in [0.5, 0.6) is 5.75 Å². The third-order valence-corrected chi connectivity index (χ3v) is 2.78. The van der Waals surface area contributed by atoms with E-state index in [-0.39, 0.29) is 23.7 Å². The number of halogens is 1. The van der Waals surface area contributed by atoms with Gasteiger partial charge in [0, 0.05) is 5.69 Å². The Morgan fingerprint density at radius 2 is 1.77 bits per heavy atom. The maximum atomic E-state index is 12.8. The zero-order valence-electron chi connectivity index (χ0n) is 11.8. The number of esters is 1. The van der Waals surface area contributed by atoms with E-state index in [0.29, 0.717) is 5.69 Å². The topological polar surface area (TPSA) is 64.6 Å². The molecule has 0 saturated carbocycles. The van der Waals surface area contributed by atoms with E-state index in [4.69, 9.17) is 4.74 Å². The first-order valence-electron chi connectivity index (χ1n) is 6.45. The van der Waals surface area contributed by atoms with Gasteiger partial charge in [-0.1, -0.05) is 12.1 Å². The first-order valence-corrected chi connectivity index (χ1v) is 6.45. The third-order valence-electron chi connectivity index (χ3n) is 2.78. The molecule has 0 aliphatic rings. The number of hydrogen-bond acceptors (Lipinski definition) is 4. The van der Waals surface area contributed by atoms with Crippen LogP contribution in [0.1, 0.15) is 10.4 Å². The molecule has 0 spiro atoms. The monoisotopic (exact) mass is 303 g/mol. The Morgan fingerprint density at radius 3 is 2.45 bits per heavy atom. The fourth-order valence-electron chi connectivity index (χ4n) is 1.74. The van der Waals surface area contributed by atoms with Gasteiger partial charge in [-0.3, -0.25) is 4.79 Å². The summed E-state index contributed by atoms with van der Waals surface area (Å²) in [7, 11) is 1.26. The summed E-state index contributed by atoms with van der Waals surface area (Å²) in [6.07, 6.45) is 0. The molecule has 6 heteroatoms. The quantitative estimate of drug-likeness (QED) is 0.862. The standard InChI is InChI=1S/C16H14FNO4/c1-21-16(20)13-4-2-3-5-14(13)22-10-15(19)18-12-8-6-11(17)7-9-12/h2-9H,10H2,1H3,(H,18,19). The van der Waals surface area contributed by atoms with Gasteiger partial charge in [0.25, 0.3) is 5.91 Å². The Morgan fingerprint density at radius 1 is 1.09 bits per heavy atom. The van der Waals surface area contributed by atoms with E-state index in [1.54, 1.807) is 24.3 Å². The van der Waals surface area contributed by atoms with Crippen molar-refractivity contribution in [3.8, 4) is 5.75 Å². The molecular formula is C16H14FNO4. The molecular weight excluding hydrogens is 289 g/mol. The largest absolute Gasteiger partial charge is 0.483 e. The number of hydrogen-bond donors (Lipinski definition) is 1. The highest BCUT2D eigenvalue weighted by molar-refractivity contribution is 5.94. The lowest BCUT2D eigenvalue weighted by molar-refractivity contribution is -0.118. The van der Waals surface area contributed by atoms with Crippen LogP contribution in [0, 0.1) is 5.82 Å². The number of carbonyl (C=O) groups excluding carboxylic acids is 2. The van der Waals surface area contributed by atoms with Crippen molar-refractivity contribution in [1.29, 1.82) is 0 Å². The molecule has 0 bridgehead atoms. The number of methoxy groups -OCH3 is 1. The summed E-state index contributed by atoms with van der Waals surface area (Å²) in [5.74, 6) is -1.11. The summed E-state index contributed by atoms with van der Waals surface area (Å²) < 4.78 is 22.7. The van der Waals surface area contributed by atoms with Crippen LogP contribution in [0.15, 0.2) is 48.5 Å². The summed E-state index contributed by atoms with van der Waals surface area (Å²) in [5, 5.41) is 2.56. The predicted octanol–water partition coefficient (Wildman–Crippen LogP) is 2.63. The van der Waals surface area contributed by atoms with Crippen molar-refractivity contribution in [2.45, 2.75) is 0 Å². The summed E-state index contributed by atoms with van der Waals surface area (Å²) in [6.45, 7) is -0.286. The van der Waals surface area contributed by atoms with Crippen molar-refractivity contribution in [3.63, 3.8) is 0 Å². The van der Waals surface area contributed by atoms with Gasteiger partial charge in [-0.25, -0.2) is 9.18 Å². The average Bonchev–Trinajstić information content (AvgIpc) is 2.54. The molecule has 0 aliphatic carbocycles. The number of carbonyl (C=O) groups is 2. The van der Waals surface area contributed by atoms with Crippen LogP contribution < -0.4 is 10.1 Å². The molecule has 22 heavy (non-hydrogen) atoms. The molecule has 0 fully saturated rings. The van der Waals surface area contributed by atoms with Crippen LogP contribution in [0.2, 0.25) is 0 Å². The minimum atomic E-state index is -0.547. The Hall–Kier alpha value is -2.89. The van der Waals surface area contributed by atoms with E-state index in [1.807, 2.05) is 0 Å². The SMILES string of the molecule is COC(=O)c1ccccc1OCC(=O)Nc1ccc(F)cc1. The molecule has 0 unspecified atom stereocenters. The maximum Gasteiger partial charge on any atom is 0.341 e. The van der Waals surface area contributed by atoms with Crippen LogP contribution in [-0.2, 0) is 9.53 Å². The van der Waals surface area contributed by atoms with Crippen LogP contribution in [-0.4, -0.2) is 25.6 Å². The normalized spacial score (nSPS) is 9.91. The fraction of sp³-hybridized carbons (Fsp3) is 0.125. The average molecular weight is 303 g/mol. The highest BCUT2D eigenvalue weighted by atomic mass is 19.1. The number of rotatable bonds is 5. The Bertz CT molecular complexity index is 670. The van der Waals surface area contributed by atoms with Crippen molar-refractivity contribution >= 4 is 17.6 Å². The maximum absolute atomic E-state index is 12.8. The molecule has 1 N–H and O–H groups in total. The van der Waals surface area contributed by atoms with Crippen molar-refractivity contribution < 1.29 is 23.5 Å². The zero-order valence-corrected chi connectivity index (χ0v) is 11.8. The Kier molecular flexibility index (Phi) is 5.08. The molecule has 0 saturated heterocycles. The minimum Gasteiger partial charge on any atom is -0.483 e. The number of para-hydroxylation sites is 1. The molecule has 2 aromatic rings. The number of amides is 1. The van der Waals surface area contributed by atoms with Crippen molar-refractivity contribution in [3.05, 3.63) is 59.9 Å². The first-order chi connectivity index (χ1) is 10.6. The van der Waals surface area contributed by atoms with E-state index in [1.165, 1.54) is 31.4 Å². The van der Waals surface area contributed by atoms with E-state index in [0.717, 1.165) is 0 Å². The summed E-state index contributed by atoms with van der Waals surface area (Å²) >= 11 is 0. The zero-order chi connectivity index (χ0) is 15.9. The highest BCUT2D eigenvalue weighted by Crippen LogP contribution is 2.18. The van der Waals surface area contributed by atoms with Gasteiger partial charge in [0.1, 0.15) is 17.1 Å². The Balaban J connectivity index is 1.96. The molecule has 2 rings (SSSR count). The molecule has 0 aliphatic heterocycles. The van der Waals surface area contributed by atoms with Gasteiger partial charge in [-0.05, 0) is 36.4 Å². The second-order valence-electron chi connectivity index (χ2n) is 4.33. The summed E-state index contributed by atoms with van der Waals surface area (Å²) in [4.78, 5) is 23.3. The summed E-state index contributed by atoms with van der Waals surface area (Å²) in [6, 6.07) is 11.8. The molecule has 2 aromatic carbocycles. The fourth-order valence-corrected chi connectivity index (χ4v) is 1.74. The smallest absolute Gasteiger partial charge is 0.341 e. The van der Waals surface area contributed by atoms with E-state index >= 15 is 0 Å². The highest BCUT2D eigenvalue weighted by Gasteiger charge is 2.13. The molecule has 1 amide bonds. The molecule has 114 valence electrons. The third kappa shape index (κ3) is 4.05. The van der Waals surface area contributed by atoms with Crippen molar-refractivity contribution in [2.75, 3.05) is 19.0 Å². The van der Waals surface area contributed by atoms with E-state index < -0.39 is 11.9 Å². The molecule has 0 atom stereocenters. The van der Waals surface area contributed by atoms with E-state index in [2.05, 4.69) is 10.1 Å². The van der Waals surface area contributed by atoms with Crippen molar-refractivity contribution in [1.82, 2.24) is 0 Å². The molecule has 5 nitrogen and oxygen atoms in total. The summed E-state index contributed by atoms with van der Waals surface area (Å²) in [5.41, 5.74) is 0.691. The van der Waals surface area contributed by atoms with Gasteiger partial charge < -0.3 is 14.8 Å². The number of anilines is 1. The molecule has 0 aromatic heterocycles. The predicted molar refractivity (Wildman–Crippen MR) is 78.3 cm³/mol. The minimum absolute atomic E-state index is 0.236. The van der Waals surface area contributed by atoms with Gasteiger partial charge in [-0.15, -0.1) is 0 Å². The molecule has 0 heterocycles. The number of ether oxygens (including phenoxy) is 2. The van der Waals surface area contributed by atoms with Crippen LogP contribution in [0.25, 0.3) is 0 Å². The van der Waals surface area contributed by atoms with Gasteiger partial charge >= 0.3 is 5.97 Å². The first kappa shape index (κ1) is 15.5. The van der Waals surface area contributed by atoms with Crippen LogP contribution in [0.3, 0.4) is 0 Å². The second-order valence-corrected chi connectivity index (χ2v) is 4.33. The van der Waals surface area contributed by atoms with Gasteiger partial charge in [0.2, 0.25) is 0 Å². The van der Waals surface area contributed by atoms with E-state index in [9.17, 15) is 14.0 Å². The van der Waals surface area contributed by atoms with Gasteiger partial charge in [-0.2, -0.15) is 0 Å². The lowest BCUT2D eigenvalue weighted by Gasteiger charge is -2.10. The van der Waals surface area contributed by atoms with Crippen LogP contribution in [0.4, 0.5) is 10.1 Å². The van der Waals surface area contributed by atoms with Gasteiger partial charge in [0.05, 0.1) is 7.11 Å². The number of benzene rings is 2. The lowest BCUT2D eigenvalue weighted by atomic mass is 10.2. The second kappa shape index (κ2) is 7.21. The van der Waals surface area contributed by atoms with Crippen LogP contribution >= 0.6 is 0 Å². The molecule has 0 radical (unpaired) electrons. The van der Waals surface area contributed by atoms with Crippen molar-refractivity contribution in [2.24, 2.45) is 0 Å². The lowest BCUT2D eigenvalue weighted by Crippen LogP contribution is -2.21.